The smallest absolute Gasteiger partial charge is 0.179 e. The fourth-order valence-corrected chi connectivity index (χ4v) is 1.93. The molecule has 4 nitrogen and oxygen atoms in total. The minimum Gasteiger partial charge on any atom is -0.486 e. The maximum absolute atomic E-state index is 8.42. The van der Waals surface area contributed by atoms with Crippen LogP contribution in [0.25, 0.3) is 0 Å². The van der Waals surface area contributed by atoms with Crippen molar-refractivity contribution in [3.8, 4) is 17.6 Å². The van der Waals surface area contributed by atoms with Gasteiger partial charge >= 0.3 is 0 Å². The topological polar surface area (TPSA) is 54.3 Å². The van der Waals surface area contributed by atoms with Crippen molar-refractivity contribution in [2.45, 2.75) is 13.0 Å². The van der Waals surface area contributed by atoms with Crippen molar-refractivity contribution >= 4 is 11.6 Å². The first-order valence-corrected chi connectivity index (χ1v) is 5.85. The van der Waals surface area contributed by atoms with Gasteiger partial charge < -0.3 is 14.8 Å². The molecule has 0 spiro atoms. The van der Waals surface area contributed by atoms with E-state index in [1.807, 2.05) is 12.1 Å². The summed E-state index contributed by atoms with van der Waals surface area (Å²) in [5, 5.41) is 12.1. The summed E-state index contributed by atoms with van der Waals surface area (Å²) in [7, 11) is 0. The van der Waals surface area contributed by atoms with Crippen molar-refractivity contribution in [3.05, 3.63) is 22.7 Å². The van der Waals surface area contributed by atoms with E-state index < -0.39 is 0 Å². The number of hydrogen-bond acceptors (Lipinski definition) is 4. The average Bonchev–Trinajstić information content (AvgIpc) is 2.35. The highest BCUT2D eigenvalue weighted by Crippen LogP contribution is 2.38. The lowest BCUT2D eigenvalue weighted by atomic mass is 10.2. The van der Waals surface area contributed by atoms with Gasteiger partial charge in [-0.2, -0.15) is 5.26 Å². The summed E-state index contributed by atoms with van der Waals surface area (Å²) in [6.45, 7) is 2.42. The molecule has 1 aromatic carbocycles. The summed E-state index contributed by atoms with van der Waals surface area (Å²) in [5.41, 5.74) is 1.03. The van der Waals surface area contributed by atoms with Crippen molar-refractivity contribution in [2.24, 2.45) is 0 Å². The molecule has 90 valence electrons. The fourth-order valence-electron chi connectivity index (χ4n) is 1.64. The lowest BCUT2D eigenvalue weighted by Gasteiger charge is -2.20. The predicted octanol–water partition coefficient (Wildman–Crippen LogP) is 2.11. The molecule has 1 aliphatic heterocycles. The molecule has 1 aliphatic rings. The number of hydrogen-bond donors (Lipinski definition) is 1. The molecule has 0 bridgehead atoms. The zero-order chi connectivity index (χ0) is 12.1. The Morgan fingerprint density at radius 2 is 2.18 bits per heavy atom. The molecule has 0 saturated carbocycles. The van der Waals surface area contributed by atoms with E-state index in [9.17, 15) is 0 Å². The molecular weight excluding hydrogens is 240 g/mol. The number of nitriles is 1. The van der Waals surface area contributed by atoms with Crippen LogP contribution < -0.4 is 14.8 Å². The molecule has 0 radical (unpaired) electrons. The normalized spacial score (nSPS) is 13.2. The van der Waals surface area contributed by atoms with Crippen LogP contribution in [0.4, 0.5) is 0 Å². The van der Waals surface area contributed by atoms with Gasteiger partial charge in [-0.1, -0.05) is 11.6 Å². The highest BCUT2D eigenvalue weighted by molar-refractivity contribution is 6.32. The van der Waals surface area contributed by atoms with Gasteiger partial charge in [-0.3, -0.25) is 0 Å². The minimum atomic E-state index is 0.498. The number of nitrogens with one attached hydrogen (secondary N) is 1. The summed E-state index contributed by atoms with van der Waals surface area (Å²) in [6.07, 6.45) is 0.498. The van der Waals surface area contributed by atoms with Gasteiger partial charge in [-0.15, -0.1) is 0 Å². The third kappa shape index (κ3) is 3.02. The first-order valence-electron chi connectivity index (χ1n) is 5.47. The molecule has 0 aliphatic carbocycles. The minimum absolute atomic E-state index is 0.498. The Morgan fingerprint density at radius 1 is 1.35 bits per heavy atom. The summed E-state index contributed by atoms with van der Waals surface area (Å²) < 4.78 is 10.9. The molecule has 2 rings (SSSR count). The maximum Gasteiger partial charge on any atom is 0.179 e. The highest BCUT2D eigenvalue weighted by atomic mass is 35.5. The molecule has 0 atom stereocenters. The zero-order valence-electron chi connectivity index (χ0n) is 9.33. The van der Waals surface area contributed by atoms with E-state index in [1.54, 1.807) is 0 Å². The first kappa shape index (κ1) is 12.0. The summed E-state index contributed by atoms with van der Waals surface area (Å²) in [4.78, 5) is 0. The number of benzene rings is 1. The van der Waals surface area contributed by atoms with Gasteiger partial charge in [0.05, 0.1) is 11.1 Å². The van der Waals surface area contributed by atoms with E-state index in [0.29, 0.717) is 49.2 Å². The third-order valence-corrected chi connectivity index (χ3v) is 2.68. The zero-order valence-corrected chi connectivity index (χ0v) is 10.1. The van der Waals surface area contributed by atoms with Crippen molar-refractivity contribution < 1.29 is 9.47 Å². The van der Waals surface area contributed by atoms with Gasteiger partial charge in [-0.05, 0) is 17.7 Å². The van der Waals surface area contributed by atoms with E-state index in [1.165, 1.54) is 0 Å². The Hall–Kier alpha value is -1.44. The van der Waals surface area contributed by atoms with Gasteiger partial charge in [0, 0.05) is 19.5 Å². The summed E-state index contributed by atoms with van der Waals surface area (Å²) in [5.74, 6) is 1.32. The van der Waals surface area contributed by atoms with E-state index in [4.69, 9.17) is 26.3 Å². The Balaban J connectivity index is 2.04. The average molecular weight is 253 g/mol. The largest absolute Gasteiger partial charge is 0.486 e. The number of nitrogens with zero attached hydrogens (tertiary/aromatic N) is 1. The van der Waals surface area contributed by atoms with Crippen LogP contribution in [0.1, 0.15) is 12.0 Å². The maximum atomic E-state index is 8.42. The van der Waals surface area contributed by atoms with Gasteiger partial charge in [0.25, 0.3) is 0 Å². The van der Waals surface area contributed by atoms with Gasteiger partial charge in [0.1, 0.15) is 13.2 Å². The van der Waals surface area contributed by atoms with E-state index >= 15 is 0 Å². The van der Waals surface area contributed by atoms with Crippen LogP contribution in [0, 0.1) is 11.3 Å². The van der Waals surface area contributed by atoms with Crippen LogP contribution in [-0.4, -0.2) is 19.8 Å². The van der Waals surface area contributed by atoms with Crippen molar-refractivity contribution in [1.82, 2.24) is 5.32 Å². The highest BCUT2D eigenvalue weighted by Gasteiger charge is 2.16. The van der Waals surface area contributed by atoms with Crippen LogP contribution in [0.15, 0.2) is 12.1 Å². The fraction of sp³-hybridized carbons (Fsp3) is 0.417. The molecular formula is C12H13ClN2O2. The van der Waals surface area contributed by atoms with E-state index in [0.717, 1.165) is 5.56 Å². The van der Waals surface area contributed by atoms with Crippen LogP contribution in [0.5, 0.6) is 11.5 Å². The van der Waals surface area contributed by atoms with Crippen molar-refractivity contribution in [1.29, 1.82) is 5.26 Å². The Labute approximate surface area is 105 Å². The predicted molar refractivity (Wildman–Crippen MR) is 64.4 cm³/mol. The number of ether oxygens (including phenoxy) is 2. The molecule has 1 heterocycles. The third-order valence-electron chi connectivity index (χ3n) is 2.40. The van der Waals surface area contributed by atoms with Crippen molar-refractivity contribution in [2.75, 3.05) is 19.8 Å². The SMILES string of the molecule is N#CCCNCc1cc(Cl)c2c(c1)OCCO2. The first-order chi connectivity index (χ1) is 8.31. The summed E-state index contributed by atoms with van der Waals surface area (Å²) in [6, 6.07) is 5.85. The lowest BCUT2D eigenvalue weighted by molar-refractivity contribution is 0.171. The van der Waals surface area contributed by atoms with Gasteiger partial charge in [0.2, 0.25) is 0 Å². The van der Waals surface area contributed by atoms with Crippen LogP contribution in [-0.2, 0) is 6.54 Å². The Morgan fingerprint density at radius 3 is 3.00 bits per heavy atom. The molecule has 0 aromatic heterocycles. The molecule has 17 heavy (non-hydrogen) atoms. The molecule has 5 heteroatoms. The van der Waals surface area contributed by atoms with Gasteiger partial charge in [0.15, 0.2) is 11.5 Å². The van der Waals surface area contributed by atoms with E-state index in [2.05, 4.69) is 11.4 Å². The Kier molecular flexibility index (Phi) is 4.08. The molecule has 0 unspecified atom stereocenters. The Bertz CT molecular complexity index is 443. The second-order valence-corrected chi connectivity index (χ2v) is 4.09. The molecule has 0 amide bonds. The molecule has 0 saturated heterocycles. The standard InChI is InChI=1S/C12H13ClN2O2/c13-10-6-9(8-15-3-1-2-14)7-11-12(10)17-5-4-16-11/h6-7,15H,1,3-5,8H2. The molecule has 0 fully saturated rings. The van der Waals surface area contributed by atoms with Gasteiger partial charge in [-0.25, -0.2) is 0 Å². The molecule has 1 aromatic rings. The second-order valence-electron chi connectivity index (χ2n) is 3.69. The van der Waals surface area contributed by atoms with E-state index in [-0.39, 0.29) is 0 Å². The second kappa shape index (κ2) is 5.76. The van der Waals surface area contributed by atoms with Crippen LogP contribution >= 0.6 is 11.6 Å². The number of halogens is 1. The summed E-state index contributed by atoms with van der Waals surface area (Å²) >= 11 is 6.10. The quantitative estimate of drug-likeness (QED) is 0.834. The monoisotopic (exact) mass is 252 g/mol. The van der Waals surface area contributed by atoms with Crippen LogP contribution in [0.3, 0.4) is 0 Å². The van der Waals surface area contributed by atoms with Crippen LogP contribution in [0.2, 0.25) is 5.02 Å². The lowest BCUT2D eigenvalue weighted by Crippen LogP contribution is -2.17. The molecule has 1 N–H and O–H groups in total. The number of rotatable bonds is 4. The number of fused-ring (bicyclic) bond motifs is 1. The van der Waals surface area contributed by atoms with Crippen molar-refractivity contribution in [3.63, 3.8) is 0 Å².